The van der Waals surface area contributed by atoms with Crippen LogP contribution in [0, 0.1) is 29.1 Å². The number of nitrogens with zero attached hydrogens (tertiary/aromatic N) is 5. The minimum absolute atomic E-state index is 0.0337. The highest BCUT2D eigenvalue weighted by Gasteiger charge is 2.52. The van der Waals surface area contributed by atoms with Crippen LogP contribution in [0.5, 0.6) is 5.75 Å². The Kier molecular flexibility index (Phi) is 16.4. The number of benzene rings is 3. The van der Waals surface area contributed by atoms with E-state index in [0.717, 1.165) is 38.9 Å². The molecule has 5 fully saturated rings. The second-order valence-electron chi connectivity index (χ2n) is 23.9. The number of carbonyl (C=O) groups is 4. The van der Waals surface area contributed by atoms with Gasteiger partial charge in [-0.15, -0.1) is 0 Å². The van der Waals surface area contributed by atoms with Crippen molar-refractivity contribution >= 4 is 50.1 Å². The van der Waals surface area contributed by atoms with E-state index < -0.39 is 63.4 Å². The summed E-state index contributed by atoms with van der Waals surface area (Å²) in [5.74, 6) is 4.25. The number of hydrogen-bond acceptors (Lipinski definition) is 14. The van der Waals surface area contributed by atoms with Crippen molar-refractivity contribution in [2.24, 2.45) is 17.3 Å². The molecule has 5 aliphatic heterocycles. The summed E-state index contributed by atoms with van der Waals surface area (Å²) in [5, 5.41) is 17.1. The van der Waals surface area contributed by atoms with Crippen LogP contribution in [0.3, 0.4) is 0 Å². The number of nitrogens with one attached hydrogen (secondary N) is 2. The van der Waals surface area contributed by atoms with Gasteiger partial charge < -0.3 is 39.8 Å². The van der Waals surface area contributed by atoms with E-state index in [0.29, 0.717) is 86.5 Å². The van der Waals surface area contributed by atoms with Crippen LogP contribution in [-0.4, -0.2) is 150 Å². The number of carbonyl (C=O) groups excluding carboxylic acids is 4. The van der Waals surface area contributed by atoms with Crippen molar-refractivity contribution in [2.75, 3.05) is 64.2 Å². The van der Waals surface area contributed by atoms with Crippen LogP contribution < -0.4 is 16.5 Å². The topological polar surface area (TPSA) is 228 Å². The number of hydrazine groups is 1. The quantitative estimate of drug-likeness (QED) is 0.0659. The Bertz CT molecular complexity index is 3400. The first-order valence-electron chi connectivity index (χ1n) is 28.4. The number of methoxy groups -OCH3 is 1. The molecular formula is C62H76N8O10S. The number of rotatable bonds is 11. The Morgan fingerprint density at radius 1 is 1.02 bits per heavy atom. The van der Waals surface area contributed by atoms with Crippen LogP contribution in [0.15, 0.2) is 72.9 Å². The summed E-state index contributed by atoms with van der Waals surface area (Å²) in [4.78, 5) is 67.5. The van der Waals surface area contributed by atoms with Gasteiger partial charge in [-0.3, -0.25) is 34.1 Å². The number of phenols is 1. The zero-order valence-electron chi connectivity index (χ0n) is 47.7. The number of nitrogen functional groups attached to an aromatic ring is 1. The summed E-state index contributed by atoms with van der Waals surface area (Å²) in [6.07, 6.45) is 2.67. The minimum atomic E-state index is -3.04. The van der Waals surface area contributed by atoms with Gasteiger partial charge in [0.2, 0.25) is 5.91 Å². The zero-order chi connectivity index (χ0) is 57.7. The summed E-state index contributed by atoms with van der Waals surface area (Å²) >= 11 is 0. The second-order valence-corrected chi connectivity index (χ2v) is 26.2. The molecule has 7 heterocycles. The molecule has 81 heavy (non-hydrogen) atoms. The normalized spacial score (nSPS) is 24.3. The molecule has 1 aliphatic carbocycles. The predicted molar refractivity (Wildman–Crippen MR) is 309 cm³/mol. The van der Waals surface area contributed by atoms with Crippen LogP contribution in [0.2, 0.25) is 0 Å². The number of likely N-dealkylation sites (N-methyl/N-ethyl adjacent to an activating group) is 1. The number of anilines is 1. The van der Waals surface area contributed by atoms with Gasteiger partial charge >= 0.3 is 5.97 Å². The number of fused-ring (bicyclic) bond motifs is 4. The van der Waals surface area contributed by atoms with E-state index in [1.807, 2.05) is 56.0 Å². The molecule has 3 amide bonds. The maximum absolute atomic E-state index is 15.2. The Morgan fingerprint density at radius 3 is 2.47 bits per heavy atom. The molecule has 8 bridgehead atoms. The van der Waals surface area contributed by atoms with Crippen LogP contribution in [-0.2, 0) is 62.6 Å². The van der Waals surface area contributed by atoms with E-state index in [2.05, 4.69) is 60.1 Å². The second kappa shape index (κ2) is 23.2. The summed E-state index contributed by atoms with van der Waals surface area (Å²) in [6, 6.07) is 17.6. The number of aryl methyl sites for hydroxylation is 1. The van der Waals surface area contributed by atoms with Gasteiger partial charge in [-0.2, -0.15) is 0 Å². The lowest BCUT2D eigenvalue weighted by Crippen LogP contribution is -2.72. The molecule has 0 radical (unpaired) electrons. The highest BCUT2D eigenvalue weighted by Crippen LogP contribution is 2.44. The van der Waals surface area contributed by atoms with Gasteiger partial charge in [-0.25, -0.2) is 13.8 Å². The molecule has 6 aliphatic rings. The van der Waals surface area contributed by atoms with Crippen molar-refractivity contribution in [1.29, 1.82) is 0 Å². The lowest BCUT2D eigenvalue weighted by atomic mass is 9.73. The number of hydrogen-bond donors (Lipinski definition) is 4. The first-order chi connectivity index (χ1) is 38.6. The van der Waals surface area contributed by atoms with Crippen molar-refractivity contribution < 1.29 is 46.9 Å². The molecule has 5 aromatic rings. The first-order valence-corrected chi connectivity index (χ1v) is 30.2. The van der Waals surface area contributed by atoms with Crippen LogP contribution in [0.25, 0.3) is 33.3 Å². The molecule has 430 valence electrons. The summed E-state index contributed by atoms with van der Waals surface area (Å²) in [6.45, 7) is 14.2. The third kappa shape index (κ3) is 11.9. The average molecular weight is 1130 g/mol. The lowest BCUT2D eigenvalue weighted by Gasteiger charge is -2.53. The van der Waals surface area contributed by atoms with Gasteiger partial charge in [0.1, 0.15) is 30.0 Å². The van der Waals surface area contributed by atoms with Gasteiger partial charge in [0.05, 0.1) is 42.1 Å². The summed E-state index contributed by atoms with van der Waals surface area (Å²) in [7, 11) is 0.211. The zero-order valence-corrected chi connectivity index (χ0v) is 48.5. The number of nitrogens with two attached hydrogens (primary N) is 1. The molecule has 5 N–H and O–H groups in total. The number of sulfone groups is 1. The number of esters is 1. The van der Waals surface area contributed by atoms with Crippen LogP contribution in [0.1, 0.15) is 101 Å². The number of amides is 3. The monoisotopic (exact) mass is 1120 g/mol. The molecular weight excluding hydrogens is 1050 g/mol. The van der Waals surface area contributed by atoms with Crippen molar-refractivity contribution in [3.8, 4) is 40.0 Å². The Hall–Kier alpha value is -6.82. The van der Waals surface area contributed by atoms with E-state index in [1.165, 1.54) is 9.91 Å². The maximum atomic E-state index is 15.2. The van der Waals surface area contributed by atoms with Gasteiger partial charge in [-0.1, -0.05) is 63.8 Å². The summed E-state index contributed by atoms with van der Waals surface area (Å²) in [5.41, 5.74) is 17.2. The largest absolute Gasteiger partial charge is 0.508 e. The summed E-state index contributed by atoms with van der Waals surface area (Å²) < 4.78 is 44.8. The third-order valence-corrected chi connectivity index (χ3v) is 18.7. The molecule has 6 atom stereocenters. The third-order valence-electron chi connectivity index (χ3n) is 17.1. The Morgan fingerprint density at radius 2 is 1.77 bits per heavy atom. The van der Waals surface area contributed by atoms with E-state index >= 15 is 4.79 Å². The van der Waals surface area contributed by atoms with Crippen molar-refractivity contribution in [3.05, 3.63) is 101 Å². The van der Waals surface area contributed by atoms with Crippen molar-refractivity contribution in [2.45, 2.75) is 122 Å². The number of phenolic OH excluding ortho intramolecular Hbond substituents is 1. The fourth-order valence-corrected chi connectivity index (χ4v) is 13.9. The SMILES string of the molecule is CCn1c(-c2cc(C#CCN3CCS(=O)(=O)CC3)cnc2[C@H](C)OC)c2c3cc(ccc31)-c1cc(O)cc(c1)C[C@H](NC(=O)[C@H](C(C)C)N(C)C(=O)[C@@H]1OCC[C@@H]1c1ccc(N)cc1)C(=O)N1N[C@H](C(=O)OCC(C)(C)C2)C2CC1C2. The Labute approximate surface area is 474 Å². The number of cyclic esters (lactones) is 1. The highest BCUT2D eigenvalue weighted by atomic mass is 32.2. The van der Waals surface area contributed by atoms with E-state index in [9.17, 15) is 27.9 Å². The van der Waals surface area contributed by atoms with Crippen LogP contribution in [0.4, 0.5) is 5.69 Å². The molecule has 0 spiro atoms. The minimum Gasteiger partial charge on any atom is -0.508 e. The number of ether oxygens (including phenoxy) is 3. The van der Waals surface area contributed by atoms with Gasteiger partial charge in [0.15, 0.2) is 9.84 Å². The van der Waals surface area contributed by atoms with E-state index in [-0.39, 0.29) is 60.0 Å². The smallest absolute Gasteiger partial charge is 0.325 e. The van der Waals surface area contributed by atoms with Crippen molar-refractivity contribution in [1.82, 2.24) is 35.1 Å². The molecule has 4 saturated heterocycles. The first kappa shape index (κ1) is 57.4. The standard InChI is InChI=1S/C62H76N8O10S/c1-9-69-52-17-14-41-32-48(52)50(56(69)49-27-38(34-64-53(49)37(4)78-8)11-10-19-68-20-23-81(76,77)24-21-68)33-62(5,6)35-80-61(75)54-43-29-45(30-43)70(66-54)59(73)51(28-39-25-42(41)31-46(71)26-39)65-58(72)55(36(2)3)67(7)60(74)57-47(18-22-79-57)40-12-15-44(63)16-13-40/h12-17,25-27,31-32,34,36-37,43,45,47,51,54-55,57,66,71H,9,18-24,28-30,33,35,63H2,1-8H3,(H,65,72)/t37-,43?,45?,47+,51-,54-,55-,57+/m0/s1. The molecule has 11 rings (SSSR count). The molecule has 2 aromatic heterocycles. The highest BCUT2D eigenvalue weighted by molar-refractivity contribution is 7.91. The van der Waals surface area contributed by atoms with Gasteiger partial charge in [0, 0.05) is 98.1 Å². The van der Waals surface area contributed by atoms with Crippen LogP contribution >= 0.6 is 0 Å². The molecule has 3 aromatic carbocycles. The number of aromatic hydroxyl groups is 1. The lowest BCUT2D eigenvalue weighted by molar-refractivity contribution is -0.171. The van der Waals surface area contributed by atoms with Crippen molar-refractivity contribution in [3.63, 3.8) is 0 Å². The fourth-order valence-electron chi connectivity index (χ4n) is 12.6. The van der Waals surface area contributed by atoms with Gasteiger partial charge in [0.25, 0.3) is 11.8 Å². The predicted octanol–water partition coefficient (Wildman–Crippen LogP) is 6.17. The number of pyridine rings is 1. The maximum Gasteiger partial charge on any atom is 0.325 e. The van der Waals surface area contributed by atoms with E-state index in [4.69, 9.17) is 24.9 Å². The molecule has 1 saturated carbocycles. The fraction of sp³-hybridized carbons (Fsp3) is 0.500. The Balaban J connectivity index is 1.04. The number of aromatic nitrogens is 2. The average Bonchev–Trinajstić information content (AvgIpc) is 3.58. The molecule has 18 nitrogen and oxygen atoms in total. The molecule has 0 unspecified atom stereocenters. The molecule has 19 heteroatoms. The van der Waals surface area contributed by atoms with E-state index in [1.54, 1.807) is 44.6 Å². The van der Waals surface area contributed by atoms with Gasteiger partial charge in [-0.05, 0) is 122 Å².